The summed E-state index contributed by atoms with van der Waals surface area (Å²) in [4.78, 5) is 13.2. The van der Waals surface area contributed by atoms with E-state index in [0.29, 0.717) is 18.7 Å². The van der Waals surface area contributed by atoms with Crippen LogP contribution in [0.15, 0.2) is 35.9 Å². The number of carboxylic acid groups (broad SMARTS) is 1. The second-order valence-electron chi connectivity index (χ2n) is 5.39. The minimum absolute atomic E-state index is 0.0269. The van der Waals surface area contributed by atoms with E-state index < -0.39 is 5.97 Å². The number of fused-ring (bicyclic) bond motifs is 1. The first kappa shape index (κ1) is 13.9. The first-order valence-corrected chi connectivity index (χ1v) is 7.25. The van der Waals surface area contributed by atoms with Crippen molar-refractivity contribution in [3.05, 3.63) is 35.9 Å². The van der Waals surface area contributed by atoms with Gasteiger partial charge in [-0.25, -0.2) is 4.79 Å². The van der Waals surface area contributed by atoms with Gasteiger partial charge in [0.1, 0.15) is 12.7 Å². The van der Waals surface area contributed by atoms with E-state index >= 15 is 0 Å². The van der Waals surface area contributed by atoms with Crippen molar-refractivity contribution in [2.75, 3.05) is 26.2 Å². The van der Waals surface area contributed by atoms with Gasteiger partial charge in [0.25, 0.3) is 0 Å². The summed E-state index contributed by atoms with van der Waals surface area (Å²) >= 11 is 0. The lowest BCUT2D eigenvalue weighted by Gasteiger charge is -2.30. The van der Waals surface area contributed by atoms with Crippen LogP contribution < -0.4 is 9.47 Å². The zero-order valence-electron chi connectivity index (χ0n) is 11.8. The van der Waals surface area contributed by atoms with Crippen LogP contribution in [0.4, 0.5) is 0 Å². The van der Waals surface area contributed by atoms with E-state index in [1.54, 1.807) is 0 Å². The van der Waals surface area contributed by atoms with Crippen molar-refractivity contribution in [3.63, 3.8) is 0 Å². The van der Waals surface area contributed by atoms with Gasteiger partial charge in [0.05, 0.1) is 0 Å². The summed E-state index contributed by atoms with van der Waals surface area (Å²) in [6, 6.07) is 7.67. The molecule has 1 atom stereocenters. The molecule has 0 bridgehead atoms. The van der Waals surface area contributed by atoms with Crippen LogP contribution >= 0.6 is 0 Å². The zero-order chi connectivity index (χ0) is 14.7. The van der Waals surface area contributed by atoms with Crippen LogP contribution in [0, 0.1) is 0 Å². The summed E-state index contributed by atoms with van der Waals surface area (Å²) in [7, 11) is 0. The lowest BCUT2D eigenvalue weighted by atomic mass is 10.1. The van der Waals surface area contributed by atoms with Crippen molar-refractivity contribution in [3.8, 4) is 11.5 Å². The minimum Gasteiger partial charge on any atom is -0.486 e. The Bertz CT molecular complexity index is 555. The third-order valence-electron chi connectivity index (χ3n) is 3.84. The van der Waals surface area contributed by atoms with Gasteiger partial charge in [-0.2, -0.15) is 0 Å². The normalized spacial score (nSPS) is 21.7. The third kappa shape index (κ3) is 3.36. The molecule has 3 rings (SSSR count). The van der Waals surface area contributed by atoms with Crippen molar-refractivity contribution < 1.29 is 19.4 Å². The molecule has 0 saturated carbocycles. The lowest BCUT2D eigenvalue weighted by Crippen LogP contribution is -2.37. The van der Waals surface area contributed by atoms with Crippen LogP contribution in [-0.4, -0.2) is 48.3 Å². The minimum atomic E-state index is -0.814. The van der Waals surface area contributed by atoms with Crippen molar-refractivity contribution in [1.29, 1.82) is 0 Å². The molecule has 0 amide bonds. The Balaban J connectivity index is 1.51. The van der Waals surface area contributed by atoms with Crippen LogP contribution in [0.1, 0.15) is 12.8 Å². The number of aliphatic carboxylic acids is 1. The van der Waals surface area contributed by atoms with E-state index in [1.807, 2.05) is 30.3 Å². The highest BCUT2D eigenvalue weighted by molar-refractivity contribution is 5.87. The summed E-state index contributed by atoms with van der Waals surface area (Å²) in [5.74, 6) is 0.771. The predicted molar refractivity (Wildman–Crippen MR) is 77.7 cm³/mol. The number of hydrogen-bond donors (Lipinski definition) is 1. The molecule has 1 N–H and O–H groups in total. The molecular weight excluding hydrogens is 270 g/mol. The molecule has 1 unspecified atom stereocenters. The summed E-state index contributed by atoms with van der Waals surface area (Å²) in [5, 5.41) is 9.04. The highest BCUT2D eigenvalue weighted by Crippen LogP contribution is 2.31. The number of carboxylic acids is 1. The Morgan fingerprint density at radius 3 is 2.95 bits per heavy atom. The average Bonchev–Trinajstić information content (AvgIpc) is 2.53. The van der Waals surface area contributed by atoms with E-state index in [-0.39, 0.29) is 6.10 Å². The summed E-state index contributed by atoms with van der Waals surface area (Å²) in [6.07, 6.45) is 3.47. The molecule has 2 heterocycles. The Hall–Kier alpha value is -2.01. The van der Waals surface area contributed by atoms with Gasteiger partial charge in [-0.15, -0.1) is 0 Å². The van der Waals surface area contributed by atoms with E-state index in [2.05, 4.69) is 4.90 Å². The number of carbonyl (C=O) groups is 1. The smallest absolute Gasteiger partial charge is 0.332 e. The zero-order valence-corrected chi connectivity index (χ0v) is 11.8. The van der Waals surface area contributed by atoms with E-state index in [1.165, 1.54) is 0 Å². The van der Waals surface area contributed by atoms with Crippen LogP contribution in [0.5, 0.6) is 11.5 Å². The fraction of sp³-hybridized carbons (Fsp3) is 0.438. The van der Waals surface area contributed by atoms with Gasteiger partial charge in [-0.1, -0.05) is 18.2 Å². The van der Waals surface area contributed by atoms with Gasteiger partial charge in [-0.3, -0.25) is 4.90 Å². The fourth-order valence-electron chi connectivity index (χ4n) is 2.68. The standard InChI is InChI=1S/C16H19NO4/c18-16(19)12-4-3-8-17(10-12)9-7-13-11-20-14-5-1-2-6-15(14)21-13/h1-2,4-6,13H,3,7-11H2,(H,18,19). The number of rotatable bonds is 4. The Kier molecular flexibility index (Phi) is 4.10. The molecule has 1 aromatic rings. The number of para-hydroxylation sites is 2. The number of hydrogen-bond acceptors (Lipinski definition) is 4. The molecule has 0 fully saturated rings. The number of ether oxygens (including phenoxy) is 2. The van der Waals surface area contributed by atoms with E-state index in [9.17, 15) is 4.79 Å². The highest BCUT2D eigenvalue weighted by Gasteiger charge is 2.23. The molecule has 2 aliphatic heterocycles. The third-order valence-corrected chi connectivity index (χ3v) is 3.84. The Morgan fingerprint density at radius 2 is 2.14 bits per heavy atom. The molecule has 1 aromatic carbocycles. The molecule has 0 radical (unpaired) electrons. The molecule has 0 spiro atoms. The second kappa shape index (κ2) is 6.18. The maximum absolute atomic E-state index is 11.0. The van der Waals surface area contributed by atoms with Crippen LogP contribution in [0.2, 0.25) is 0 Å². The van der Waals surface area contributed by atoms with Crippen molar-refractivity contribution in [2.45, 2.75) is 18.9 Å². The summed E-state index contributed by atoms with van der Waals surface area (Å²) < 4.78 is 11.6. The van der Waals surface area contributed by atoms with Gasteiger partial charge < -0.3 is 14.6 Å². The first-order chi connectivity index (χ1) is 10.2. The van der Waals surface area contributed by atoms with Crippen molar-refractivity contribution in [1.82, 2.24) is 4.90 Å². The maximum atomic E-state index is 11.0. The maximum Gasteiger partial charge on any atom is 0.332 e. The molecule has 0 saturated heterocycles. The molecule has 5 heteroatoms. The fourth-order valence-corrected chi connectivity index (χ4v) is 2.68. The van der Waals surface area contributed by atoms with Crippen molar-refractivity contribution >= 4 is 5.97 Å². The van der Waals surface area contributed by atoms with E-state index in [0.717, 1.165) is 37.4 Å². The largest absolute Gasteiger partial charge is 0.486 e. The molecular formula is C16H19NO4. The van der Waals surface area contributed by atoms with Gasteiger partial charge in [-0.05, 0) is 18.6 Å². The van der Waals surface area contributed by atoms with Gasteiger partial charge in [0, 0.05) is 31.6 Å². The lowest BCUT2D eigenvalue weighted by molar-refractivity contribution is -0.133. The SMILES string of the molecule is O=C(O)C1=CCCN(CCC2COc3ccccc3O2)C1. The first-order valence-electron chi connectivity index (χ1n) is 7.25. The topological polar surface area (TPSA) is 59.0 Å². The van der Waals surface area contributed by atoms with Crippen LogP contribution in [-0.2, 0) is 4.79 Å². The quantitative estimate of drug-likeness (QED) is 0.918. The Morgan fingerprint density at radius 1 is 1.33 bits per heavy atom. The van der Waals surface area contributed by atoms with Gasteiger partial charge in [0.15, 0.2) is 11.5 Å². The highest BCUT2D eigenvalue weighted by atomic mass is 16.6. The van der Waals surface area contributed by atoms with Crippen LogP contribution in [0.3, 0.4) is 0 Å². The number of benzene rings is 1. The van der Waals surface area contributed by atoms with Crippen molar-refractivity contribution in [2.24, 2.45) is 0 Å². The second-order valence-corrected chi connectivity index (χ2v) is 5.39. The molecule has 5 nitrogen and oxygen atoms in total. The number of nitrogens with zero attached hydrogens (tertiary/aromatic N) is 1. The molecule has 112 valence electrons. The molecule has 0 aromatic heterocycles. The van der Waals surface area contributed by atoms with Gasteiger partial charge in [0.2, 0.25) is 0 Å². The van der Waals surface area contributed by atoms with E-state index in [4.69, 9.17) is 14.6 Å². The molecule has 2 aliphatic rings. The molecule has 21 heavy (non-hydrogen) atoms. The predicted octanol–water partition coefficient (Wildman–Crippen LogP) is 1.93. The Labute approximate surface area is 123 Å². The monoisotopic (exact) mass is 289 g/mol. The molecule has 0 aliphatic carbocycles. The average molecular weight is 289 g/mol. The van der Waals surface area contributed by atoms with Crippen LogP contribution in [0.25, 0.3) is 0 Å². The summed E-state index contributed by atoms with van der Waals surface area (Å²) in [5.41, 5.74) is 0.493. The van der Waals surface area contributed by atoms with Gasteiger partial charge >= 0.3 is 5.97 Å². The summed E-state index contributed by atoms with van der Waals surface area (Å²) in [6.45, 7) is 2.79.